The molecule has 0 N–H and O–H groups in total. The number of nitrogens with zero attached hydrogens (tertiary/aromatic N) is 1. The smallest absolute Gasteiger partial charge is 0.333 e. The summed E-state index contributed by atoms with van der Waals surface area (Å²) >= 11 is 0. The predicted octanol–water partition coefficient (Wildman–Crippen LogP) is 6.97. The fourth-order valence-corrected chi connectivity index (χ4v) is 5.54. The van der Waals surface area contributed by atoms with Gasteiger partial charge in [-0.3, -0.25) is 24.1 Å². The topological polar surface area (TPSA) is 126 Å². The number of carbonyl (C=O) groups excluding carboxylic acids is 5. The maximum absolute atomic E-state index is 12.7. The van der Waals surface area contributed by atoms with Gasteiger partial charge < -0.3 is 18.9 Å². The summed E-state index contributed by atoms with van der Waals surface area (Å²) < 4.78 is 22.2. The lowest BCUT2D eigenvalue weighted by molar-refractivity contribution is -0.151. The summed E-state index contributed by atoms with van der Waals surface area (Å²) in [7, 11) is 0. The minimum absolute atomic E-state index is 0.0441. The number of hydrogen-bond donors (Lipinski definition) is 0. The molecule has 50 heavy (non-hydrogen) atoms. The molecule has 2 aliphatic rings. The number of amides is 2. The largest absolute Gasteiger partial charge is 0.494 e. The molecule has 10 heteroatoms. The van der Waals surface area contributed by atoms with E-state index >= 15 is 0 Å². The molecular weight excluding hydrogens is 638 g/mol. The Labute approximate surface area is 294 Å². The number of ether oxygens (including phenoxy) is 4. The number of ketones is 1. The Bertz CT molecular complexity index is 1500. The Morgan fingerprint density at radius 2 is 1.32 bits per heavy atom. The van der Waals surface area contributed by atoms with Crippen molar-refractivity contribution in [2.75, 3.05) is 26.4 Å². The van der Waals surface area contributed by atoms with E-state index in [1.807, 2.05) is 24.3 Å². The number of imide groups is 1. The first-order chi connectivity index (χ1) is 24.3. The van der Waals surface area contributed by atoms with Crippen molar-refractivity contribution < 1.29 is 42.9 Å². The average molecular weight is 686 g/mol. The van der Waals surface area contributed by atoms with Gasteiger partial charge in [0.25, 0.3) is 11.8 Å². The van der Waals surface area contributed by atoms with Gasteiger partial charge in [-0.05, 0) is 112 Å². The number of benzene rings is 2. The lowest BCUT2D eigenvalue weighted by Gasteiger charge is -2.21. The van der Waals surface area contributed by atoms with E-state index in [4.69, 9.17) is 18.9 Å². The zero-order chi connectivity index (χ0) is 35.6. The number of allylic oxidation sites excluding steroid dienone is 1. The highest BCUT2D eigenvalue weighted by Crippen LogP contribution is 2.21. The molecule has 10 nitrogen and oxygen atoms in total. The Balaban J connectivity index is 1.02. The van der Waals surface area contributed by atoms with Crippen molar-refractivity contribution in [2.24, 2.45) is 0 Å². The summed E-state index contributed by atoms with van der Waals surface area (Å²) in [4.78, 5) is 61.2. The van der Waals surface area contributed by atoms with Crippen LogP contribution in [0.2, 0.25) is 0 Å². The molecule has 1 fully saturated rings. The lowest BCUT2D eigenvalue weighted by Crippen LogP contribution is -2.31. The summed E-state index contributed by atoms with van der Waals surface area (Å²) in [6, 6.07) is 14.4. The zero-order valence-electron chi connectivity index (χ0n) is 28.6. The highest BCUT2D eigenvalue weighted by atomic mass is 16.5. The van der Waals surface area contributed by atoms with Crippen LogP contribution in [0, 0.1) is 0 Å². The summed E-state index contributed by atoms with van der Waals surface area (Å²) in [6.45, 7) is 5.34. The van der Waals surface area contributed by atoms with Gasteiger partial charge in [0.2, 0.25) is 0 Å². The van der Waals surface area contributed by atoms with Gasteiger partial charge in [0.1, 0.15) is 17.6 Å². The minimum Gasteiger partial charge on any atom is -0.494 e. The van der Waals surface area contributed by atoms with Crippen LogP contribution in [-0.4, -0.2) is 66.9 Å². The second-order valence-electron chi connectivity index (χ2n) is 12.4. The van der Waals surface area contributed by atoms with Crippen LogP contribution in [-0.2, 0) is 28.7 Å². The molecular formula is C40H47NO9. The van der Waals surface area contributed by atoms with E-state index in [1.165, 1.54) is 29.5 Å². The van der Waals surface area contributed by atoms with Crippen molar-refractivity contribution in [3.05, 3.63) is 90.0 Å². The molecule has 1 aliphatic heterocycles. The fraction of sp³-hybridized carbons (Fsp3) is 0.425. The molecule has 0 radical (unpaired) electrons. The first-order valence-electron chi connectivity index (χ1n) is 17.5. The molecule has 0 atom stereocenters. The summed E-state index contributed by atoms with van der Waals surface area (Å²) in [6.07, 6.45) is 15.4. The summed E-state index contributed by atoms with van der Waals surface area (Å²) in [5.74, 6) is -0.240. The van der Waals surface area contributed by atoms with Gasteiger partial charge >= 0.3 is 11.9 Å². The lowest BCUT2D eigenvalue weighted by atomic mass is 9.98. The van der Waals surface area contributed by atoms with Crippen LogP contribution in [0.25, 0.3) is 6.08 Å². The van der Waals surface area contributed by atoms with Gasteiger partial charge in [-0.25, -0.2) is 4.79 Å². The van der Waals surface area contributed by atoms with Gasteiger partial charge in [-0.2, -0.15) is 0 Å². The van der Waals surface area contributed by atoms with Crippen molar-refractivity contribution in [2.45, 2.75) is 83.2 Å². The first kappa shape index (κ1) is 37.8. The van der Waals surface area contributed by atoms with Gasteiger partial charge in [0.05, 0.1) is 26.2 Å². The van der Waals surface area contributed by atoms with E-state index in [2.05, 4.69) is 6.58 Å². The van der Waals surface area contributed by atoms with Gasteiger partial charge in [-0.1, -0.05) is 31.2 Å². The standard InChI is InChI=1S/C40H47NO9/c1-30(29-39(45)50-35-11-5-4-6-12-35)40(46)49-28-9-3-2-8-26-47-34-20-16-32(17-21-34)36(42)22-15-31-13-18-33(19-14-31)48-27-10-7-25-41-37(43)23-24-38(41)44/h13-24,35H,1-12,25-29H2/b22-15+. The third kappa shape index (κ3) is 13.1. The molecule has 2 aromatic rings. The monoisotopic (exact) mass is 685 g/mol. The van der Waals surface area contributed by atoms with Crippen LogP contribution in [0.4, 0.5) is 0 Å². The van der Waals surface area contributed by atoms with Crippen LogP contribution in [0.3, 0.4) is 0 Å². The predicted molar refractivity (Wildman–Crippen MR) is 188 cm³/mol. The summed E-state index contributed by atoms with van der Waals surface area (Å²) in [5, 5.41) is 0. The Morgan fingerprint density at radius 1 is 0.740 bits per heavy atom. The van der Waals surface area contributed by atoms with Crippen molar-refractivity contribution >= 4 is 35.6 Å². The molecule has 2 aromatic carbocycles. The highest BCUT2D eigenvalue weighted by molar-refractivity contribution is 6.12. The van der Waals surface area contributed by atoms with Gasteiger partial charge in [0.15, 0.2) is 5.78 Å². The van der Waals surface area contributed by atoms with Crippen molar-refractivity contribution in [1.29, 1.82) is 0 Å². The molecule has 1 saturated carbocycles. The summed E-state index contributed by atoms with van der Waals surface area (Å²) in [5.41, 5.74) is 1.54. The molecule has 2 amide bonds. The number of hydrogen-bond acceptors (Lipinski definition) is 9. The third-order valence-corrected chi connectivity index (χ3v) is 8.43. The van der Waals surface area contributed by atoms with E-state index in [9.17, 15) is 24.0 Å². The SMILES string of the molecule is C=C(CC(=O)OC1CCCCC1)C(=O)OCCCCCCOc1ccc(C(=O)/C=C/c2ccc(OCCCCN3C(=O)C=CC3=O)cc2)cc1. The molecule has 0 saturated heterocycles. The van der Waals surface area contributed by atoms with E-state index in [1.54, 1.807) is 30.3 Å². The molecule has 266 valence electrons. The maximum atomic E-state index is 12.7. The van der Waals surface area contributed by atoms with Gasteiger partial charge in [-0.15, -0.1) is 0 Å². The van der Waals surface area contributed by atoms with Gasteiger partial charge in [0, 0.05) is 29.8 Å². The zero-order valence-corrected chi connectivity index (χ0v) is 28.6. The first-order valence-corrected chi connectivity index (χ1v) is 17.5. The van der Waals surface area contributed by atoms with E-state index in [0.29, 0.717) is 56.1 Å². The second kappa shape index (κ2) is 20.5. The maximum Gasteiger partial charge on any atom is 0.333 e. The highest BCUT2D eigenvalue weighted by Gasteiger charge is 2.22. The Hall–Kier alpha value is -4.99. The number of carbonyl (C=O) groups is 5. The van der Waals surface area contributed by atoms with E-state index < -0.39 is 11.9 Å². The Kier molecular flexibility index (Phi) is 15.5. The molecule has 0 unspecified atom stereocenters. The molecule has 0 aromatic heterocycles. The number of esters is 2. The normalized spacial score (nSPS) is 14.6. The molecule has 1 aliphatic carbocycles. The van der Waals surface area contributed by atoms with Crippen molar-refractivity contribution in [1.82, 2.24) is 4.90 Å². The van der Waals surface area contributed by atoms with Crippen LogP contribution in [0.5, 0.6) is 11.5 Å². The van der Waals surface area contributed by atoms with E-state index in [-0.39, 0.29) is 42.3 Å². The average Bonchev–Trinajstić information content (AvgIpc) is 3.45. The molecule has 0 bridgehead atoms. The molecule has 1 heterocycles. The molecule has 0 spiro atoms. The second-order valence-corrected chi connectivity index (χ2v) is 12.4. The number of rotatable bonds is 21. The third-order valence-electron chi connectivity index (χ3n) is 8.43. The quantitative estimate of drug-likeness (QED) is 0.0450. The van der Waals surface area contributed by atoms with Crippen molar-refractivity contribution in [3.63, 3.8) is 0 Å². The Morgan fingerprint density at radius 3 is 1.96 bits per heavy atom. The minimum atomic E-state index is -0.553. The van der Waals surface area contributed by atoms with Crippen molar-refractivity contribution in [3.8, 4) is 11.5 Å². The molecule has 4 rings (SSSR count). The van der Waals surface area contributed by atoms with E-state index in [0.717, 1.165) is 50.5 Å². The van der Waals surface area contributed by atoms with Crippen LogP contribution < -0.4 is 9.47 Å². The van der Waals surface area contributed by atoms with Crippen LogP contribution in [0.1, 0.15) is 93.0 Å². The number of unbranched alkanes of at least 4 members (excludes halogenated alkanes) is 4. The van der Waals surface area contributed by atoms with Crippen LogP contribution >= 0.6 is 0 Å². The van der Waals surface area contributed by atoms with Crippen LogP contribution in [0.15, 0.2) is 78.9 Å². The fourth-order valence-electron chi connectivity index (χ4n) is 5.54.